The van der Waals surface area contributed by atoms with Gasteiger partial charge in [0.25, 0.3) is 0 Å². The van der Waals surface area contributed by atoms with Crippen LogP contribution in [0.3, 0.4) is 0 Å². The molecule has 4 nitrogen and oxygen atoms in total. The largest absolute Gasteiger partial charge is 0.481 e. The molecule has 15 heavy (non-hydrogen) atoms. The maximum atomic E-state index is 12.1. The number of carbonyl (C=O) groups is 1. The van der Waals surface area contributed by atoms with E-state index in [9.17, 15) is 18.0 Å². The normalized spacial score (nSPS) is 11.4. The SMILES string of the molecule is Nc1cc(C(F)(F)F)ncc1CC(=O)O. The van der Waals surface area contributed by atoms with Crippen LogP contribution in [-0.4, -0.2) is 16.1 Å². The number of carboxylic acids is 1. The second kappa shape index (κ2) is 3.76. The fourth-order valence-electron chi connectivity index (χ4n) is 0.965. The van der Waals surface area contributed by atoms with Crippen molar-refractivity contribution in [2.75, 3.05) is 5.73 Å². The van der Waals surface area contributed by atoms with Gasteiger partial charge in [-0.25, -0.2) is 0 Å². The summed E-state index contributed by atoms with van der Waals surface area (Å²) in [7, 11) is 0. The number of aliphatic carboxylic acids is 1. The molecule has 1 heterocycles. The minimum atomic E-state index is -4.57. The second-order valence-electron chi connectivity index (χ2n) is 2.84. The van der Waals surface area contributed by atoms with E-state index in [-0.39, 0.29) is 11.3 Å². The minimum Gasteiger partial charge on any atom is -0.481 e. The molecule has 0 aliphatic rings. The Morgan fingerprint density at radius 1 is 1.53 bits per heavy atom. The van der Waals surface area contributed by atoms with E-state index in [1.54, 1.807) is 0 Å². The number of rotatable bonds is 2. The number of pyridine rings is 1. The van der Waals surface area contributed by atoms with Gasteiger partial charge in [0, 0.05) is 17.4 Å². The quantitative estimate of drug-likeness (QED) is 0.787. The first kappa shape index (κ1) is 11.3. The van der Waals surface area contributed by atoms with Crippen molar-refractivity contribution < 1.29 is 23.1 Å². The highest BCUT2D eigenvalue weighted by Gasteiger charge is 2.32. The van der Waals surface area contributed by atoms with Gasteiger partial charge in [-0.05, 0) is 6.07 Å². The first-order valence-corrected chi connectivity index (χ1v) is 3.84. The lowest BCUT2D eigenvalue weighted by Gasteiger charge is -2.08. The molecule has 0 fully saturated rings. The Morgan fingerprint density at radius 2 is 2.13 bits per heavy atom. The van der Waals surface area contributed by atoms with Gasteiger partial charge in [-0.15, -0.1) is 0 Å². The molecular weight excluding hydrogens is 213 g/mol. The van der Waals surface area contributed by atoms with Gasteiger partial charge in [-0.3, -0.25) is 9.78 Å². The topological polar surface area (TPSA) is 76.2 Å². The number of anilines is 1. The van der Waals surface area contributed by atoms with Gasteiger partial charge in [0.2, 0.25) is 0 Å². The molecule has 1 rings (SSSR count). The molecule has 1 aromatic heterocycles. The fraction of sp³-hybridized carbons (Fsp3) is 0.250. The van der Waals surface area contributed by atoms with Gasteiger partial charge in [0.15, 0.2) is 0 Å². The predicted molar refractivity (Wildman–Crippen MR) is 45.0 cm³/mol. The molecule has 3 N–H and O–H groups in total. The summed E-state index contributed by atoms with van der Waals surface area (Å²) >= 11 is 0. The smallest absolute Gasteiger partial charge is 0.433 e. The third-order valence-corrected chi connectivity index (χ3v) is 1.65. The first-order valence-electron chi connectivity index (χ1n) is 3.84. The molecule has 0 spiro atoms. The van der Waals surface area contributed by atoms with Crippen LogP contribution in [0.15, 0.2) is 12.3 Å². The Morgan fingerprint density at radius 3 is 2.53 bits per heavy atom. The zero-order chi connectivity index (χ0) is 11.6. The summed E-state index contributed by atoms with van der Waals surface area (Å²) in [4.78, 5) is 13.4. The summed E-state index contributed by atoms with van der Waals surface area (Å²) in [5, 5.41) is 8.41. The Bertz CT molecular complexity index is 390. The maximum Gasteiger partial charge on any atom is 0.433 e. The summed E-state index contributed by atoms with van der Waals surface area (Å²) in [6.45, 7) is 0. The van der Waals surface area contributed by atoms with Crippen LogP contribution < -0.4 is 5.73 Å². The molecule has 0 atom stereocenters. The summed E-state index contributed by atoms with van der Waals surface area (Å²) in [6, 6.07) is 0.623. The lowest BCUT2D eigenvalue weighted by Crippen LogP contribution is -2.11. The molecule has 0 bridgehead atoms. The molecule has 0 aliphatic heterocycles. The molecule has 0 unspecified atom stereocenters. The van der Waals surface area contributed by atoms with E-state index in [2.05, 4.69) is 4.98 Å². The van der Waals surface area contributed by atoms with E-state index in [1.807, 2.05) is 0 Å². The first-order chi connectivity index (χ1) is 6.80. The van der Waals surface area contributed by atoms with Crippen molar-refractivity contribution in [1.29, 1.82) is 0 Å². The number of hydrogen-bond acceptors (Lipinski definition) is 3. The summed E-state index contributed by atoms with van der Waals surface area (Å²) < 4.78 is 36.4. The highest BCUT2D eigenvalue weighted by molar-refractivity contribution is 5.72. The van der Waals surface area contributed by atoms with Gasteiger partial charge < -0.3 is 10.8 Å². The van der Waals surface area contributed by atoms with E-state index in [1.165, 1.54) is 0 Å². The third-order valence-electron chi connectivity index (χ3n) is 1.65. The second-order valence-corrected chi connectivity index (χ2v) is 2.84. The number of carboxylic acid groups (broad SMARTS) is 1. The summed E-state index contributed by atoms with van der Waals surface area (Å²) in [5.41, 5.74) is 3.98. The number of halogens is 3. The molecular formula is C8H7F3N2O2. The van der Waals surface area contributed by atoms with Gasteiger partial charge in [0.1, 0.15) is 5.69 Å². The Kier molecular flexibility index (Phi) is 2.83. The van der Waals surface area contributed by atoms with E-state index >= 15 is 0 Å². The highest BCUT2D eigenvalue weighted by atomic mass is 19.4. The number of alkyl halides is 3. The van der Waals surface area contributed by atoms with Crippen LogP contribution in [0.1, 0.15) is 11.3 Å². The Balaban J connectivity index is 3.03. The predicted octanol–water partition coefficient (Wildman–Crippen LogP) is 1.31. The van der Waals surface area contributed by atoms with Gasteiger partial charge in [0.05, 0.1) is 6.42 Å². The zero-order valence-corrected chi connectivity index (χ0v) is 7.38. The molecule has 82 valence electrons. The number of nitrogen functional groups attached to an aromatic ring is 1. The summed E-state index contributed by atoms with van der Waals surface area (Å²) in [6.07, 6.45) is -4.20. The average Bonchev–Trinajstić information content (AvgIpc) is 2.05. The van der Waals surface area contributed by atoms with E-state index < -0.39 is 24.3 Å². The Labute approximate surface area is 82.5 Å². The lowest BCUT2D eigenvalue weighted by atomic mass is 10.1. The molecule has 0 radical (unpaired) electrons. The van der Waals surface area contributed by atoms with Crippen LogP contribution in [0.5, 0.6) is 0 Å². The highest BCUT2D eigenvalue weighted by Crippen LogP contribution is 2.29. The van der Waals surface area contributed by atoms with Crippen molar-refractivity contribution >= 4 is 11.7 Å². The van der Waals surface area contributed by atoms with Crippen molar-refractivity contribution in [1.82, 2.24) is 4.98 Å². The molecule has 0 aliphatic carbocycles. The maximum absolute atomic E-state index is 12.1. The lowest BCUT2D eigenvalue weighted by molar-refractivity contribution is -0.141. The van der Waals surface area contributed by atoms with Gasteiger partial charge >= 0.3 is 12.1 Å². The molecule has 0 amide bonds. The van der Waals surface area contributed by atoms with Crippen molar-refractivity contribution in [2.24, 2.45) is 0 Å². The molecule has 1 aromatic rings. The molecule has 0 aromatic carbocycles. The van der Waals surface area contributed by atoms with Crippen LogP contribution in [0, 0.1) is 0 Å². The fourth-order valence-corrected chi connectivity index (χ4v) is 0.965. The van der Waals surface area contributed by atoms with Crippen molar-refractivity contribution in [2.45, 2.75) is 12.6 Å². The van der Waals surface area contributed by atoms with E-state index in [4.69, 9.17) is 10.8 Å². The van der Waals surface area contributed by atoms with Crippen molar-refractivity contribution in [3.8, 4) is 0 Å². The number of aromatic nitrogens is 1. The third kappa shape index (κ3) is 2.83. The molecule has 0 saturated carbocycles. The summed E-state index contributed by atoms with van der Waals surface area (Å²) in [5.74, 6) is -1.18. The minimum absolute atomic E-state index is 0.0653. The molecule has 7 heteroatoms. The van der Waals surface area contributed by atoms with Gasteiger partial charge in [-0.2, -0.15) is 13.2 Å². The number of hydrogen-bond donors (Lipinski definition) is 2. The average molecular weight is 220 g/mol. The zero-order valence-electron chi connectivity index (χ0n) is 7.38. The van der Waals surface area contributed by atoms with E-state index in [0.29, 0.717) is 6.07 Å². The van der Waals surface area contributed by atoms with Crippen LogP contribution in [0.25, 0.3) is 0 Å². The van der Waals surface area contributed by atoms with Crippen LogP contribution in [0.4, 0.5) is 18.9 Å². The Hall–Kier alpha value is -1.79. The number of nitrogens with zero attached hydrogens (tertiary/aromatic N) is 1. The van der Waals surface area contributed by atoms with Crippen molar-refractivity contribution in [3.05, 3.63) is 23.5 Å². The number of nitrogens with two attached hydrogens (primary N) is 1. The molecule has 0 saturated heterocycles. The van der Waals surface area contributed by atoms with Crippen molar-refractivity contribution in [3.63, 3.8) is 0 Å². The van der Waals surface area contributed by atoms with E-state index in [0.717, 1.165) is 6.20 Å². The van der Waals surface area contributed by atoms with Crippen LogP contribution in [0.2, 0.25) is 0 Å². The monoisotopic (exact) mass is 220 g/mol. The van der Waals surface area contributed by atoms with Gasteiger partial charge in [-0.1, -0.05) is 0 Å². The van der Waals surface area contributed by atoms with Crippen LogP contribution >= 0.6 is 0 Å². The standard InChI is InChI=1S/C8H7F3N2O2/c9-8(10,11)6-2-5(12)4(3-13-6)1-7(14)15/h2-3H,1H2,(H2,12,13)(H,14,15). The van der Waals surface area contributed by atoms with Crippen LogP contribution in [-0.2, 0) is 17.4 Å².